The number of carbonyl (C=O) groups excluding carboxylic acids is 1. The van der Waals surface area contributed by atoms with Crippen LogP contribution in [-0.2, 0) is 21.1 Å². The fourth-order valence-electron chi connectivity index (χ4n) is 2.59. The molecule has 2 atom stereocenters. The lowest BCUT2D eigenvalue weighted by molar-refractivity contribution is -0.133. The molecule has 0 saturated heterocycles. The molecule has 1 amide bonds. The van der Waals surface area contributed by atoms with E-state index in [1.54, 1.807) is 35.8 Å². The first-order chi connectivity index (χ1) is 13.6. The first-order valence-electron chi connectivity index (χ1n) is 8.66. The Morgan fingerprint density at radius 1 is 1.14 bits per heavy atom. The second kappa shape index (κ2) is 9.84. The maximum atomic E-state index is 13.1. The number of hydrogen-bond acceptors (Lipinski definition) is 5. The minimum Gasteiger partial charge on any atom is -0.386 e. The van der Waals surface area contributed by atoms with Gasteiger partial charge in [-0.25, -0.2) is 12.8 Å². The van der Waals surface area contributed by atoms with Crippen molar-refractivity contribution in [2.75, 3.05) is 18.7 Å². The van der Waals surface area contributed by atoms with Gasteiger partial charge in [-0.2, -0.15) is 8.78 Å². The first kappa shape index (κ1) is 22.8. The molecule has 0 aliphatic rings. The third-order valence-corrected chi connectivity index (χ3v) is 5.16. The normalized spacial score (nSPS) is 13.9. The number of aromatic nitrogens is 1. The Morgan fingerprint density at radius 3 is 2.24 bits per heavy atom. The SMILES string of the molecule is CS(=O)(=O)CCc1ccc(-c2ccc([C@@H](O)[C@@H](CF)NC(=O)C(F)F)cc2)cn1. The Morgan fingerprint density at radius 2 is 1.76 bits per heavy atom. The van der Waals surface area contributed by atoms with E-state index in [0.717, 1.165) is 17.4 Å². The number of aliphatic hydroxyl groups is 1. The first-order valence-corrected chi connectivity index (χ1v) is 10.7. The lowest BCUT2D eigenvalue weighted by Gasteiger charge is -2.22. The molecule has 1 aromatic carbocycles. The van der Waals surface area contributed by atoms with Gasteiger partial charge in [0.25, 0.3) is 5.91 Å². The summed E-state index contributed by atoms with van der Waals surface area (Å²) in [6.07, 6.45) is -1.75. The largest absolute Gasteiger partial charge is 0.386 e. The number of halogens is 3. The summed E-state index contributed by atoms with van der Waals surface area (Å²) in [5, 5.41) is 11.9. The minimum absolute atomic E-state index is 0.00374. The molecular formula is C19H21F3N2O4S. The highest BCUT2D eigenvalue weighted by Crippen LogP contribution is 2.24. The van der Waals surface area contributed by atoms with Gasteiger partial charge in [-0.05, 0) is 17.2 Å². The van der Waals surface area contributed by atoms with Crippen LogP contribution in [0.15, 0.2) is 42.6 Å². The van der Waals surface area contributed by atoms with Gasteiger partial charge in [0.05, 0.1) is 11.8 Å². The molecule has 2 N–H and O–H groups in total. The highest BCUT2D eigenvalue weighted by molar-refractivity contribution is 7.90. The standard InChI is InChI=1S/C19H21F3N2O4S/c1-29(27,28)9-8-15-7-6-14(11-23-15)12-2-4-13(5-3-12)17(25)16(10-20)24-19(26)18(21)22/h2-7,11,16-18,25H,8-10H2,1H3,(H,24,26)/t16-,17-/m1/s1. The van der Waals surface area contributed by atoms with E-state index in [0.29, 0.717) is 12.1 Å². The van der Waals surface area contributed by atoms with Crippen molar-refractivity contribution in [1.82, 2.24) is 10.3 Å². The van der Waals surface area contributed by atoms with E-state index in [-0.39, 0.29) is 11.3 Å². The average molecular weight is 430 g/mol. The maximum absolute atomic E-state index is 13.1. The van der Waals surface area contributed by atoms with Crippen molar-refractivity contribution in [3.8, 4) is 11.1 Å². The molecule has 0 spiro atoms. The number of alkyl halides is 3. The molecule has 158 valence electrons. The number of nitrogens with zero attached hydrogens (tertiary/aromatic N) is 1. The molecule has 0 bridgehead atoms. The van der Waals surface area contributed by atoms with Crippen LogP contribution in [0.25, 0.3) is 11.1 Å². The molecule has 0 aliphatic heterocycles. The molecule has 2 aromatic rings. The molecule has 29 heavy (non-hydrogen) atoms. The van der Waals surface area contributed by atoms with Crippen molar-refractivity contribution in [3.63, 3.8) is 0 Å². The van der Waals surface area contributed by atoms with Gasteiger partial charge in [-0.3, -0.25) is 9.78 Å². The van der Waals surface area contributed by atoms with Crippen molar-refractivity contribution >= 4 is 15.7 Å². The topological polar surface area (TPSA) is 96.4 Å². The molecule has 0 unspecified atom stereocenters. The molecule has 0 aliphatic carbocycles. The van der Waals surface area contributed by atoms with Crippen LogP contribution in [0.1, 0.15) is 17.4 Å². The van der Waals surface area contributed by atoms with Gasteiger partial charge in [-0.15, -0.1) is 0 Å². The fourth-order valence-corrected chi connectivity index (χ4v) is 3.17. The van der Waals surface area contributed by atoms with Gasteiger partial charge < -0.3 is 10.4 Å². The Balaban J connectivity index is 2.08. The van der Waals surface area contributed by atoms with E-state index < -0.39 is 41.0 Å². The number of benzene rings is 1. The Labute approximate surface area is 166 Å². The number of amides is 1. The maximum Gasteiger partial charge on any atom is 0.315 e. The van der Waals surface area contributed by atoms with Crippen LogP contribution >= 0.6 is 0 Å². The summed E-state index contributed by atoms with van der Waals surface area (Å²) in [4.78, 5) is 15.3. The lowest BCUT2D eigenvalue weighted by atomic mass is 9.99. The molecule has 1 aromatic heterocycles. The summed E-state index contributed by atoms with van der Waals surface area (Å²) in [6.45, 7) is -1.21. The third kappa shape index (κ3) is 6.82. The quantitative estimate of drug-likeness (QED) is 0.635. The monoisotopic (exact) mass is 430 g/mol. The Kier molecular flexibility index (Phi) is 7.74. The van der Waals surface area contributed by atoms with E-state index >= 15 is 0 Å². The second-order valence-electron chi connectivity index (χ2n) is 6.56. The van der Waals surface area contributed by atoms with E-state index in [9.17, 15) is 31.5 Å². The lowest BCUT2D eigenvalue weighted by Crippen LogP contribution is -2.43. The summed E-state index contributed by atoms with van der Waals surface area (Å²) in [5.41, 5.74) is 2.36. The van der Waals surface area contributed by atoms with E-state index in [1.807, 2.05) is 0 Å². The predicted octanol–water partition coefficient (Wildman–Crippen LogP) is 2.09. The zero-order valence-electron chi connectivity index (χ0n) is 15.6. The number of nitrogens with one attached hydrogen (secondary N) is 1. The van der Waals surface area contributed by atoms with Gasteiger partial charge in [0, 0.05) is 30.1 Å². The molecule has 2 rings (SSSR count). The van der Waals surface area contributed by atoms with Crippen LogP contribution in [0, 0.1) is 0 Å². The predicted molar refractivity (Wildman–Crippen MR) is 102 cm³/mol. The summed E-state index contributed by atoms with van der Waals surface area (Å²) in [5.74, 6) is -1.64. The van der Waals surface area contributed by atoms with Crippen molar-refractivity contribution < 1.29 is 31.5 Å². The molecule has 6 nitrogen and oxygen atoms in total. The van der Waals surface area contributed by atoms with Gasteiger partial charge >= 0.3 is 6.43 Å². The third-order valence-electron chi connectivity index (χ3n) is 4.21. The fraction of sp³-hybridized carbons (Fsp3) is 0.368. The van der Waals surface area contributed by atoms with Crippen LogP contribution in [0.2, 0.25) is 0 Å². The Hall–Kier alpha value is -2.46. The van der Waals surface area contributed by atoms with Crippen molar-refractivity contribution in [3.05, 3.63) is 53.9 Å². The van der Waals surface area contributed by atoms with E-state index in [4.69, 9.17) is 0 Å². The Bertz CT molecular complexity index is 919. The number of sulfone groups is 1. The van der Waals surface area contributed by atoms with Gasteiger partial charge in [-0.1, -0.05) is 30.3 Å². The van der Waals surface area contributed by atoms with Crippen LogP contribution in [0.5, 0.6) is 0 Å². The highest BCUT2D eigenvalue weighted by atomic mass is 32.2. The van der Waals surface area contributed by atoms with Crippen molar-refractivity contribution in [2.24, 2.45) is 0 Å². The zero-order valence-corrected chi connectivity index (χ0v) is 16.4. The molecule has 1 heterocycles. The van der Waals surface area contributed by atoms with Crippen molar-refractivity contribution in [1.29, 1.82) is 0 Å². The number of hydrogen-bond donors (Lipinski definition) is 2. The summed E-state index contributed by atoms with van der Waals surface area (Å²) < 4.78 is 60.1. The molecule has 0 fully saturated rings. The average Bonchev–Trinajstić information content (AvgIpc) is 2.69. The van der Waals surface area contributed by atoms with Gasteiger partial charge in [0.2, 0.25) is 0 Å². The van der Waals surface area contributed by atoms with E-state index in [2.05, 4.69) is 4.98 Å². The minimum atomic E-state index is -3.30. The summed E-state index contributed by atoms with van der Waals surface area (Å²) in [7, 11) is -3.08. The molecular weight excluding hydrogens is 409 g/mol. The van der Waals surface area contributed by atoms with Crippen LogP contribution in [-0.4, -0.2) is 55.6 Å². The number of rotatable bonds is 9. The van der Waals surface area contributed by atoms with Gasteiger partial charge in [0.1, 0.15) is 22.6 Å². The van der Waals surface area contributed by atoms with Crippen molar-refractivity contribution in [2.45, 2.75) is 25.0 Å². The number of aliphatic hydroxyl groups excluding tert-OH is 1. The number of aryl methyl sites for hydroxylation is 1. The summed E-state index contributed by atoms with van der Waals surface area (Å²) >= 11 is 0. The van der Waals surface area contributed by atoms with E-state index in [1.165, 1.54) is 12.1 Å². The number of carbonyl (C=O) groups is 1. The van der Waals surface area contributed by atoms with Gasteiger partial charge in [0.15, 0.2) is 0 Å². The molecule has 10 heteroatoms. The van der Waals surface area contributed by atoms with Crippen LogP contribution < -0.4 is 5.32 Å². The second-order valence-corrected chi connectivity index (χ2v) is 8.81. The van der Waals surface area contributed by atoms with Crippen LogP contribution in [0.3, 0.4) is 0 Å². The molecule has 0 saturated carbocycles. The zero-order chi connectivity index (χ0) is 21.6. The number of pyridine rings is 1. The molecule has 0 radical (unpaired) electrons. The summed E-state index contributed by atoms with van der Waals surface area (Å²) in [6, 6.07) is 8.25. The smallest absolute Gasteiger partial charge is 0.315 e. The highest BCUT2D eigenvalue weighted by Gasteiger charge is 2.26. The van der Waals surface area contributed by atoms with Crippen LogP contribution in [0.4, 0.5) is 13.2 Å².